The van der Waals surface area contributed by atoms with Crippen molar-refractivity contribution in [3.05, 3.63) is 89.6 Å². The number of nitrogens with zero attached hydrogens (tertiary/aromatic N) is 4. The number of rotatable bonds is 7. The summed E-state index contributed by atoms with van der Waals surface area (Å²) in [4.78, 5) is 25.3. The van der Waals surface area contributed by atoms with E-state index in [1.165, 1.54) is 6.33 Å². The monoisotopic (exact) mass is 492 g/mol. The molecule has 35 heavy (non-hydrogen) atoms. The van der Waals surface area contributed by atoms with Crippen molar-refractivity contribution in [1.29, 1.82) is 0 Å². The molecule has 2 aliphatic rings. The van der Waals surface area contributed by atoms with E-state index in [4.69, 9.17) is 30.5 Å². The second-order valence-corrected chi connectivity index (χ2v) is 8.85. The molecule has 178 valence electrons. The molecule has 0 spiro atoms. The lowest BCUT2D eigenvalue weighted by atomic mass is 10.00. The van der Waals surface area contributed by atoms with Crippen LogP contribution in [0.2, 0.25) is 5.15 Å². The van der Waals surface area contributed by atoms with Crippen LogP contribution in [0.25, 0.3) is 11.2 Å². The highest BCUT2D eigenvalue weighted by atomic mass is 35.5. The topological polar surface area (TPSA) is 97.6 Å². The van der Waals surface area contributed by atoms with E-state index >= 15 is 0 Å². The molecular formula is C25H21ClN4O5. The highest BCUT2D eigenvalue weighted by Crippen LogP contribution is 2.47. The maximum absolute atomic E-state index is 12.7. The Kier molecular flexibility index (Phi) is 5.69. The van der Waals surface area contributed by atoms with Gasteiger partial charge in [0.15, 0.2) is 22.6 Å². The van der Waals surface area contributed by atoms with Gasteiger partial charge in [-0.15, -0.1) is 0 Å². The fourth-order valence-electron chi connectivity index (χ4n) is 4.58. The minimum atomic E-state index is -0.998. The number of carbonyl (C=O) groups excluding carboxylic acids is 1. The number of ether oxygens (including phenoxy) is 4. The summed E-state index contributed by atoms with van der Waals surface area (Å²) in [5.41, 5.74) is 1.46. The summed E-state index contributed by atoms with van der Waals surface area (Å²) in [6.45, 7) is 0.544. The Labute approximate surface area is 205 Å². The summed E-state index contributed by atoms with van der Waals surface area (Å²) in [7, 11) is 0. The van der Waals surface area contributed by atoms with Crippen molar-refractivity contribution >= 4 is 28.7 Å². The standard InChI is InChI=1S/C25H21ClN4O5/c26-21-18-22(28-14-27-21)30(15-29-18)23-19-20(32-11-16-7-3-1-4-8-16)25(35-23,12-33-19)13-34-24(31)17-9-5-2-6-10-17/h1-10,14-15,19-20,23H,11-13H2/t19-,20?,23+,25+/m0/s1. The molecule has 0 amide bonds. The molecule has 9 nitrogen and oxygen atoms in total. The maximum atomic E-state index is 12.7. The molecule has 2 aromatic carbocycles. The molecule has 2 bridgehead atoms. The molecule has 4 heterocycles. The third kappa shape index (κ3) is 3.96. The maximum Gasteiger partial charge on any atom is 0.338 e. The van der Waals surface area contributed by atoms with Gasteiger partial charge in [0.2, 0.25) is 0 Å². The van der Waals surface area contributed by atoms with E-state index in [-0.39, 0.29) is 18.4 Å². The number of carbonyl (C=O) groups is 1. The van der Waals surface area contributed by atoms with Gasteiger partial charge in [0, 0.05) is 0 Å². The van der Waals surface area contributed by atoms with Crippen molar-refractivity contribution < 1.29 is 23.7 Å². The Morgan fingerprint density at radius 1 is 1.09 bits per heavy atom. The molecule has 2 fully saturated rings. The summed E-state index contributed by atoms with van der Waals surface area (Å²) in [6, 6.07) is 18.7. The van der Waals surface area contributed by atoms with Crippen LogP contribution >= 0.6 is 11.6 Å². The predicted octanol–water partition coefficient (Wildman–Crippen LogP) is 3.59. The van der Waals surface area contributed by atoms with Crippen LogP contribution in [0.15, 0.2) is 73.3 Å². The number of fused-ring (bicyclic) bond motifs is 3. The highest BCUT2D eigenvalue weighted by molar-refractivity contribution is 6.33. The Morgan fingerprint density at radius 2 is 1.86 bits per heavy atom. The fourth-order valence-corrected chi connectivity index (χ4v) is 4.76. The van der Waals surface area contributed by atoms with Crippen LogP contribution in [0, 0.1) is 0 Å². The molecule has 2 saturated heterocycles. The fraction of sp³-hybridized carbons (Fsp3) is 0.280. The molecule has 2 aliphatic heterocycles. The van der Waals surface area contributed by atoms with Crippen molar-refractivity contribution in [3.8, 4) is 0 Å². The quantitative estimate of drug-likeness (QED) is 0.285. The third-order valence-corrected chi connectivity index (χ3v) is 6.57. The molecule has 10 heteroatoms. The van der Waals surface area contributed by atoms with Crippen LogP contribution in [0.1, 0.15) is 22.1 Å². The SMILES string of the molecule is O=C(OC[C@]12CO[C@@H](C1OCc1ccccc1)[C@H](n1cnc3c(Cl)ncnc31)O2)c1ccccc1. The summed E-state index contributed by atoms with van der Waals surface area (Å²) >= 11 is 6.19. The average Bonchev–Trinajstić information content (AvgIpc) is 3.57. The number of esters is 1. The number of hydrogen-bond acceptors (Lipinski definition) is 8. The first-order valence-electron chi connectivity index (χ1n) is 11.1. The summed E-state index contributed by atoms with van der Waals surface area (Å²) in [6.07, 6.45) is 1.40. The zero-order valence-electron chi connectivity index (χ0n) is 18.5. The first-order chi connectivity index (χ1) is 17.1. The first-order valence-corrected chi connectivity index (χ1v) is 11.5. The Hall–Kier alpha value is -3.37. The second kappa shape index (κ2) is 9.01. The van der Waals surface area contributed by atoms with Crippen molar-refractivity contribution in [2.24, 2.45) is 0 Å². The molecule has 4 aromatic rings. The molecule has 4 atom stereocenters. The van der Waals surface area contributed by atoms with Crippen molar-refractivity contribution in [1.82, 2.24) is 19.5 Å². The van der Waals surface area contributed by atoms with Crippen LogP contribution < -0.4 is 0 Å². The Balaban J connectivity index is 1.29. The number of aromatic nitrogens is 4. The van der Waals surface area contributed by atoms with E-state index in [1.807, 2.05) is 36.4 Å². The number of imidazole rings is 1. The molecule has 6 rings (SSSR count). The number of halogens is 1. The van der Waals surface area contributed by atoms with E-state index in [0.29, 0.717) is 23.3 Å². The second-order valence-electron chi connectivity index (χ2n) is 8.50. The first kappa shape index (κ1) is 22.1. The molecule has 2 aromatic heterocycles. The van der Waals surface area contributed by atoms with Crippen LogP contribution in [-0.4, -0.2) is 56.5 Å². The summed E-state index contributed by atoms with van der Waals surface area (Å²) in [5, 5.41) is 0.251. The van der Waals surface area contributed by atoms with Gasteiger partial charge < -0.3 is 18.9 Å². The minimum absolute atomic E-state index is 0.0322. The van der Waals surface area contributed by atoms with Gasteiger partial charge in [-0.25, -0.2) is 19.7 Å². The lowest BCUT2D eigenvalue weighted by molar-refractivity contribution is -0.187. The van der Waals surface area contributed by atoms with Gasteiger partial charge in [-0.05, 0) is 17.7 Å². The van der Waals surface area contributed by atoms with Crippen LogP contribution in [0.4, 0.5) is 0 Å². The molecule has 0 N–H and O–H groups in total. The predicted molar refractivity (Wildman–Crippen MR) is 125 cm³/mol. The Morgan fingerprint density at radius 3 is 2.66 bits per heavy atom. The van der Waals surface area contributed by atoms with Gasteiger partial charge in [-0.3, -0.25) is 4.57 Å². The van der Waals surface area contributed by atoms with Crippen LogP contribution in [-0.2, 0) is 25.6 Å². The molecular weight excluding hydrogens is 472 g/mol. The zero-order chi connectivity index (χ0) is 23.8. The normalized spacial score (nSPS) is 25.2. The van der Waals surface area contributed by atoms with Gasteiger partial charge in [0.25, 0.3) is 0 Å². The lowest BCUT2D eigenvalue weighted by Gasteiger charge is -2.31. The third-order valence-electron chi connectivity index (χ3n) is 6.29. The van der Waals surface area contributed by atoms with Crippen LogP contribution in [0.3, 0.4) is 0 Å². The van der Waals surface area contributed by atoms with Crippen molar-refractivity contribution in [3.63, 3.8) is 0 Å². The lowest BCUT2D eigenvalue weighted by Crippen LogP contribution is -2.46. The van der Waals surface area contributed by atoms with Gasteiger partial charge >= 0.3 is 5.97 Å². The van der Waals surface area contributed by atoms with E-state index in [1.54, 1.807) is 35.2 Å². The van der Waals surface area contributed by atoms with E-state index in [9.17, 15) is 4.79 Å². The molecule has 1 unspecified atom stereocenters. The van der Waals surface area contributed by atoms with Crippen LogP contribution in [0.5, 0.6) is 0 Å². The largest absolute Gasteiger partial charge is 0.459 e. The van der Waals surface area contributed by atoms with E-state index in [0.717, 1.165) is 5.56 Å². The van der Waals surface area contributed by atoms with Gasteiger partial charge in [-0.2, -0.15) is 0 Å². The highest BCUT2D eigenvalue weighted by Gasteiger charge is 2.64. The van der Waals surface area contributed by atoms with Crippen molar-refractivity contribution in [2.75, 3.05) is 13.2 Å². The summed E-state index contributed by atoms with van der Waals surface area (Å²) < 4.78 is 26.5. The average molecular weight is 493 g/mol. The van der Waals surface area contributed by atoms with E-state index < -0.39 is 30.0 Å². The number of benzene rings is 2. The molecule has 0 radical (unpaired) electrons. The van der Waals surface area contributed by atoms with Gasteiger partial charge in [-0.1, -0.05) is 60.1 Å². The minimum Gasteiger partial charge on any atom is -0.459 e. The van der Waals surface area contributed by atoms with E-state index in [2.05, 4.69) is 15.0 Å². The van der Waals surface area contributed by atoms with Gasteiger partial charge in [0.1, 0.15) is 30.7 Å². The molecule has 0 saturated carbocycles. The molecule has 0 aliphatic carbocycles. The number of hydrogen-bond donors (Lipinski definition) is 0. The summed E-state index contributed by atoms with van der Waals surface area (Å²) in [5.74, 6) is -0.440. The smallest absolute Gasteiger partial charge is 0.338 e. The zero-order valence-corrected chi connectivity index (χ0v) is 19.2. The van der Waals surface area contributed by atoms with Gasteiger partial charge in [0.05, 0.1) is 25.1 Å². The Bertz CT molecular complexity index is 1350. The van der Waals surface area contributed by atoms with Crippen molar-refractivity contribution in [2.45, 2.75) is 30.6 Å².